The van der Waals surface area contributed by atoms with Crippen molar-refractivity contribution in [2.45, 2.75) is 33.6 Å². The van der Waals surface area contributed by atoms with E-state index in [1.165, 1.54) is 12.1 Å². The minimum atomic E-state index is 0.257. The van der Waals surface area contributed by atoms with E-state index in [4.69, 9.17) is 4.74 Å². The predicted octanol–water partition coefficient (Wildman–Crippen LogP) is 3.30. The molecule has 0 fully saturated rings. The van der Waals surface area contributed by atoms with Crippen LogP contribution in [0.25, 0.3) is 0 Å². The van der Waals surface area contributed by atoms with Crippen LogP contribution in [0.1, 0.15) is 33.6 Å². The fraction of sp³-hybridized carbons (Fsp3) is 0.647. The van der Waals surface area contributed by atoms with Gasteiger partial charge < -0.3 is 15.0 Å². The van der Waals surface area contributed by atoms with Crippen LogP contribution in [0.3, 0.4) is 0 Å². The molecule has 20 heavy (non-hydrogen) atoms. The smallest absolute Gasteiger partial charge is 0.142 e. The second-order valence-corrected chi connectivity index (χ2v) is 6.43. The molecule has 0 saturated heterocycles. The quantitative estimate of drug-likeness (QED) is 0.807. The normalized spacial score (nSPS) is 15.4. The molecule has 112 valence electrons. The third kappa shape index (κ3) is 4.14. The molecule has 0 saturated carbocycles. The van der Waals surface area contributed by atoms with Crippen molar-refractivity contribution in [3.8, 4) is 5.75 Å². The van der Waals surface area contributed by atoms with Crippen LogP contribution in [-0.2, 0) is 0 Å². The van der Waals surface area contributed by atoms with Gasteiger partial charge in [0.1, 0.15) is 5.75 Å². The van der Waals surface area contributed by atoms with Crippen molar-refractivity contribution in [1.82, 2.24) is 5.32 Å². The zero-order valence-electron chi connectivity index (χ0n) is 13.1. The van der Waals surface area contributed by atoms with Gasteiger partial charge in [-0.25, -0.2) is 0 Å². The second-order valence-electron chi connectivity index (χ2n) is 6.43. The standard InChI is InChI=1S/C17H28N2O/c1-4-10-18-13-17(2,3)14-19-11-7-12-20-16-9-6-5-8-15(16)19/h5-6,8-9,18H,4,7,10-14H2,1-3H3. The number of rotatable bonds is 6. The van der Waals surface area contributed by atoms with Gasteiger partial charge in [0.25, 0.3) is 0 Å². The zero-order valence-corrected chi connectivity index (χ0v) is 13.1. The van der Waals surface area contributed by atoms with Crippen LogP contribution >= 0.6 is 0 Å². The monoisotopic (exact) mass is 276 g/mol. The van der Waals surface area contributed by atoms with Gasteiger partial charge in [-0.2, -0.15) is 0 Å². The number of nitrogens with zero attached hydrogens (tertiary/aromatic N) is 1. The topological polar surface area (TPSA) is 24.5 Å². The molecule has 0 unspecified atom stereocenters. The second kappa shape index (κ2) is 6.98. The summed E-state index contributed by atoms with van der Waals surface area (Å²) in [4.78, 5) is 2.48. The Balaban J connectivity index is 2.04. The Hall–Kier alpha value is -1.22. The molecule has 3 heteroatoms. The van der Waals surface area contributed by atoms with E-state index in [1.54, 1.807) is 0 Å². The van der Waals surface area contributed by atoms with E-state index in [0.29, 0.717) is 0 Å². The number of nitrogens with one attached hydrogen (secondary N) is 1. The maximum Gasteiger partial charge on any atom is 0.142 e. The molecule has 1 aromatic rings. The van der Waals surface area contributed by atoms with E-state index < -0.39 is 0 Å². The molecule has 0 bridgehead atoms. The highest BCUT2D eigenvalue weighted by Gasteiger charge is 2.24. The molecule has 1 N–H and O–H groups in total. The minimum Gasteiger partial charge on any atom is -0.491 e. The zero-order chi connectivity index (χ0) is 14.4. The van der Waals surface area contributed by atoms with Gasteiger partial charge in [-0.05, 0) is 36.9 Å². The largest absolute Gasteiger partial charge is 0.491 e. The van der Waals surface area contributed by atoms with Crippen LogP contribution in [0.5, 0.6) is 5.75 Å². The summed E-state index contributed by atoms with van der Waals surface area (Å²) in [6.07, 6.45) is 2.28. The number of para-hydroxylation sites is 2. The van der Waals surface area contributed by atoms with Crippen LogP contribution in [-0.4, -0.2) is 32.8 Å². The van der Waals surface area contributed by atoms with Gasteiger partial charge in [0.2, 0.25) is 0 Å². The fourth-order valence-corrected chi connectivity index (χ4v) is 2.74. The number of fused-ring (bicyclic) bond motifs is 1. The number of anilines is 1. The summed E-state index contributed by atoms with van der Waals surface area (Å²) in [6, 6.07) is 8.41. The van der Waals surface area contributed by atoms with Crippen molar-refractivity contribution >= 4 is 5.69 Å². The Morgan fingerprint density at radius 3 is 2.90 bits per heavy atom. The lowest BCUT2D eigenvalue weighted by molar-refractivity contribution is 0.319. The fourth-order valence-electron chi connectivity index (χ4n) is 2.74. The molecule has 1 aromatic carbocycles. The molecule has 0 radical (unpaired) electrons. The summed E-state index contributed by atoms with van der Waals surface area (Å²) in [7, 11) is 0. The third-order valence-electron chi connectivity index (χ3n) is 3.69. The molecule has 0 spiro atoms. The van der Waals surface area contributed by atoms with E-state index in [-0.39, 0.29) is 5.41 Å². The molecule has 0 atom stereocenters. The van der Waals surface area contributed by atoms with Crippen molar-refractivity contribution in [3.63, 3.8) is 0 Å². The lowest BCUT2D eigenvalue weighted by Crippen LogP contribution is -2.41. The summed E-state index contributed by atoms with van der Waals surface area (Å²) in [5, 5.41) is 3.55. The summed E-state index contributed by atoms with van der Waals surface area (Å²) in [5.41, 5.74) is 1.50. The summed E-state index contributed by atoms with van der Waals surface area (Å²) in [6.45, 7) is 12.0. The van der Waals surface area contributed by atoms with Gasteiger partial charge in [0.15, 0.2) is 0 Å². The van der Waals surface area contributed by atoms with Crippen LogP contribution in [0.15, 0.2) is 24.3 Å². The SMILES string of the molecule is CCCNCC(C)(C)CN1CCCOc2ccccc21. The molecule has 0 aromatic heterocycles. The third-order valence-corrected chi connectivity index (χ3v) is 3.69. The highest BCUT2D eigenvalue weighted by atomic mass is 16.5. The molecule has 1 heterocycles. The number of benzene rings is 1. The van der Waals surface area contributed by atoms with Gasteiger partial charge in [-0.1, -0.05) is 32.9 Å². The minimum absolute atomic E-state index is 0.257. The lowest BCUT2D eigenvalue weighted by atomic mass is 9.92. The highest BCUT2D eigenvalue weighted by molar-refractivity contribution is 5.59. The van der Waals surface area contributed by atoms with Crippen molar-refractivity contribution in [3.05, 3.63) is 24.3 Å². The highest BCUT2D eigenvalue weighted by Crippen LogP contribution is 2.32. The van der Waals surface area contributed by atoms with E-state index >= 15 is 0 Å². The molecule has 1 aliphatic heterocycles. The molecule has 2 rings (SSSR count). The van der Waals surface area contributed by atoms with Crippen LogP contribution in [0.4, 0.5) is 5.69 Å². The molecular formula is C17H28N2O. The molecule has 1 aliphatic rings. The average molecular weight is 276 g/mol. The van der Waals surface area contributed by atoms with Gasteiger partial charge in [-0.3, -0.25) is 0 Å². The Morgan fingerprint density at radius 1 is 1.30 bits per heavy atom. The lowest BCUT2D eigenvalue weighted by Gasteiger charge is -2.34. The maximum atomic E-state index is 5.83. The Labute approximate surface area is 123 Å². The van der Waals surface area contributed by atoms with E-state index in [0.717, 1.165) is 45.0 Å². The molecule has 0 aliphatic carbocycles. The van der Waals surface area contributed by atoms with Gasteiger partial charge in [-0.15, -0.1) is 0 Å². The van der Waals surface area contributed by atoms with Gasteiger partial charge >= 0.3 is 0 Å². The Bertz CT molecular complexity index is 417. The van der Waals surface area contributed by atoms with Crippen molar-refractivity contribution in [2.75, 3.05) is 37.7 Å². The van der Waals surface area contributed by atoms with Crippen LogP contribution in [0, 0.1) is 5.41 Å². The first-order chi connectivity index (χ1) is 9.62. The van der Waals surface area contributed by atoms with Crippen molar-refractivity contribution in [2.24, 2.45) is 5.41 Å². The van der Waals surface area contributed by atoms with Crippen LogP contribution < -0.4 is 15.0 Å². The Morgan fingerprint density at radius 2 is 2.10 bits per heavy atom. The van der Waals surface area contributed by atoms with E-state index in [1.807, 2.05) is 0 Å². The summed E-state index contributed by atoms with van der Waals surface area (Å²) in [5.74, 6) is 1.03. The van der Waals surface area contributed by atoms with Crippen molar-refractivity contribution < 1.29 is 4.74 Å². The predicted molar refractivity (Wildman–Crippen MR) is 85.7 cm³/mol. The van der Waals surface area contributed by atoms with E-state index in [2.05, 4.69) is 55.3 Å². The number of hydrogen-bond donors (Lipinski definition) is 1. The first kappa shape index (κ1) is 15.2. The van der Waals surface area contributed by atoms with Gasteiger partial charge in [0, 0.05) is 19.6 Å². The van der Waals surface area contributed by atoms with Gasteiger partial charge in [0.05, 0.1) is 12.3 Å². The van der Waals surface area contributed by atoms with Crippen LogP contribution in [0.2, 0.25) is 0 Å². The molecule has 0 amide bonds. The Kier molecular flexibility index (Phi) is 5.30. The summed E-state index contributed by atoms with van der Waals surface area (Å²) >= 11 is 0. The summed E-state index contributed by atoms with van der Waals surface area (Å²) < 4.78 is 5.83. The average Bonchev–Trinajstić information content (AvgIpc) is 2.61. The first-order valence-corrected chi connectivity index (χ1v) is 7.80. The number of hydrogen-bond acceptors (Lipinski definition) is 3. The number of ether oxygens (including phenoxy) is 1. The molecular weight excluding hydrogens is 248 g/mol. The molecule has 3 nitrogen and oxygen atoms in total. The maximum absolute atomic E-state index is 5.83. The van der Waals surface area contributed by atoms with E-state index in [9.17, 15) is 0 Å². The first-order valence-electron chi connectivity index (χ1n) is 7.80. The van der Waals surface area contributed by atoms with Crippen molar-refractivity contribution in [1.29, 1.82) is 0 Å².